The molecule has 18 heavy (non-hydrogen) atoms. The Bertz CT molecular complexity index is 656. The van der Waals surface area contributed by atoms with Gasteiger partial charge in [-0.3, -0.25) is 0 Å². The van der Waals surface area contributed by atoms with Crippen molar-refractivity contribution in [2.75, 3.05) is 0 Å². The molecule has 0 aliphatic carbocycles. The molecule has 0 unspecified atom stereocenters. The molecule has 3 aromatic rings. The van der Waals surface area contributed by atoms with Crippen molar-refractivity contribution in [1.29, 1.82) is 0 Å². The summed E-state index contributed by atoms with van der Waals surface area (Å²) in [6.45, 7) is 0. The van der Waals surface area contributed by atoms with Gasteiger partial charge < -0.3 is 0 Å². The van der Waals surface area contributed by atoms with E-state index in [0.29, 0.717) is 0 Å². The second kappa shape index (κ2) is 5.12. The van der Waals surface area contributed by atoms with Gasteiger partial charge in [-0.1, -0.05) is 18.2 Å². The number of hydrogen-bond donors (Lipinski definition) is 0. The summed E-state index contributed by atoms with van der Waals surface area (Å²) in [6, 6.07) is 15.2. The molecule has 0 N–H and O–H groups in total. The summed E-state index contributed by atoms with van der Waals surface area (Å²) in [7, 11) is 0. The van der Waals surface area contributed by atoms with Crippen LogP contribution < -0.4 is 0 Å². The number of benzene rings is 2. The van der Waals surface area contributed by atoms with Crippen molar-refractivity contribution in [1.82, 2.24) is 0 Å². The summed E-state index contributed by atoms with van der Waals surface area (Å²) in [5.74, 6) is 0.693. The maximum atomic E-state index is 12.8. The fourth-order valence-electron chi connectivity index (χ4n) is 1.83. The smallest absolute Gasteiger partial charge is 0.123 e. The Labute approximate surface area is 113 Å². The van der Waals surface area contributed by atoms with Gasteiger partial charge >= 0.3 is 0 Å². The molecule has 0 saturated carbocycles. The Morgan fingerprint density at radius 2 is 1.83 bits per heavy atom. The van der Waals surface area contributed by atoms with Gasteiger partial charge in [0.05, 0.1) is 0 Å². The van der Waals surface area contributed by atoms with Gasteiger partial charge in [0.2, 0.25) is 0 Å². The zero-order valence-electron chi connectivity index (χ0n) is 9.60. The highest BCUT2D eigenvalue weighted by molar-refractivity contribution is 7.98. The lowest BCUT2D eigenvalue weighted by Gasteiger charge is -2.03. The van der Waals surface area contributed by atoms with Gasteiger partial charge in [-0.15, -0.1) is 23.1 Å². The van der Waals surface area contributed by atoms with Crippen molar-refractivity contribution in [3.8, 4) is 0 Å². The maximum Gasteiger partial charge on any atom is 0.123 e. The first kappa shape index (κ1) is 11.8. The molecule has 0 saturated heterocycles. The van der Waals surface area contributed by atoms with Gasteiger partial charge in [0.15, 0.2) is 0 Å². The minimum Gasteiger partial charge on any atom is -0.207 e. The van der Waals surface area contributed by atoms with E-state index >= 15 is 0 Å². The van der Waals surface area contributed by atoms with Crippen molar-refractivity contribution in [3.63, 3.8) is 0 Å². The molecule has 0 radical (unpaired) electrons. The topological polar surface area (TPSA) is 0 Å². The molecule has 0 amide bonds. The van der Waals surface area contributed by atoms with E-state index in [0.717, 1.165) is 11.3 Å². The third-order valence-electron chi connectivity index (χ3n) is 2.76. The molecule has 90 valence electrons. The first-order valence-corrected chi connectivity index (χ1v) is 7.53. The van der Waals surface area contributed by atoms with Crippen LogP contribution in [-0.4, -0.2) is 0 Å². The summed E-state index contributed by atoms with van der Waals surface area (Å²) in [5, 5.41) is 3.43. The minimum absolute atomic E-state index is 0.177. The van der Waals surface area contributed by atoms with Crippen LogP contribution in [0.5, 0.6) is 0 Å². The van der Waals surface area contributed by atoms with E-state index in [2.05, 4.69) is 29.6 Å². The van der Waals surface area contributed by atoms with E-state index in [1.807, 2.05) is 12.1 Å². The van der Waals surface area contributed by atoms with Gasteiger partial charge in [0, 0.05) is 20.7 Å². The molecule has 0 aliphatic heterocycles. The van der Waals surface area contributed by atoms with Crippen LogP contribution in [0.3, 0.4) is 0 Å². The normalized spacial score (nSPS) is 10.9. The Balaban J connectivity index is 1.80. The van der Waals surface area contributed by atoms with E-state index in [9.17, 15) is 4.39 Å². The molecular formula is C15H11FS2. The molecule has 0 spiro atoms. The SMILES string of the molecule is Fc1ccc(CSc2cccc3sccc23)cc1. The highest BCUT2D eigenvalue weighted by Gasteiger charge is 2.03. The van der Waals surface area contributed by atoms with Crippen molar-refractivity contribution in [2.45, 2.75) is 10.6 Å². The standard InChI is InChI=1S/C15H11FS2/c16-12-6-4-11(5-7-12)10-18-15-3-1-2-14-13(15)8-9-17-14/h1-9H,10H2. The molecule has 3 rings (SSSR count). The van der Waals surface area contributed by atoms with Crippen molar-refractivity contribution >= 4 is 33.2 Å². The van der Waals surface area contributed by atoms with Gasteiger partial charge in [-0.05, 0) is 41.3 Å². The van der Waals surface area contributed by atoms with E-state index in [1.165, 1.54) is 27.1 Å². The minimum atomic E-state index is -0.177. The molecule has 0 nitrogen and oxygen atoms in total. The lowest BCUT2D eigenvalue weighted by Crippen LogP contribution is -1.81. The third kappa shape index (κ3) is 2.42. The highest BCUT2D eigenvalue weighted by atomic mass is 32.2. The first-order chi connectivity index (χ1) is 8.83. The number of rotatable bonds is 3. The number of fused-ring (bicyclic) bond motifs is 1. The maximum absolute atomic E-state index is 12.8. The summed E-state index contributed by atoms with van der Waals surface area (Å²) >= 11 is 3.56. The van der Waals surface area contributed by atoms with E-state index in [-0.39, 0.29) is 5.82 Å². The Hall–Kier alpha value is -1.32. The van der Waals surface area contributed by atoms with E-state index in [1.54, 1.807) is 23.1 Å². The van der Waals surface area contributed by atoms with Crippen LogP contribution in [0.4, 0.5) is 4.39 Å². The van der Waals surface area contributed by atoms with Gasteiger partial charge in [0.25, 0.3) is 0 Å². The largest absolute Gasteiger partial charge is 0.207 e. The Morgan fingerprint density at radius 3 is 2.67 bits per heavy atom. The molecule has 1 aromatic heterocycles. The average Bonchev–Trinajstić information content (AvgIpc) is 2.87. The monoisotopic (exact) mass is 274 g/mol. The zero-order valence-corrected chi connectivity index (χ0v) is 11.2. The number of halogens is 1. The molecule has 0 bridgehead atoms. The van der Waals surface area contributed by atoms with E-state index < -0.39 is 0 Å². The summed E-state index contributed by atoms with van der Waals surface area (Å²) in [5.41, 5.74) is 1.15. The molecule has 2 aromatic carbocycles. The van der Waals surface area contributed by atoms with Gasteiger partial charge in [-0.25, -0.2) is 4.39 Å². The van der Waals surface area contributed by atoms with E-state index in [4.69, 9.17) is 0 Å². The molecule has 0 fully saturated rings. The van der Waals surface area contributed by atoms with Gasteiger partial charge in [0.1, 0.15) is 5.82 Å². The molecule has 0 aliphatic rings. The lowest BCUT2D eigenvalue weighted by molar-refractivity contribution is 0.627. The zero-order chi connectivity index (χ0) is 12.4. The van der Waals surface area contributed by atoms with Crippen LogP contribution in [-0.2, 0) is 5.75 Å². The Kier molecular flexibility index (Phi) is 3.35. The highest BCUT2D eigenvalue weighted by Crippen LogP contribution is 2.32. The average molecular weight is 274 g/mol. The molecule has 0 atom stereocenters. The van der Waals surface area contributed by atoms with Crippen LogP contribution in [0.15, 0.2) is 58.8 Å². The number of thioether (sulfide) groups is 1. The van der Waals surface area contributed by atoms with Crippen LogP contribution in [0.25, 0.3) is 10.1 Å². The molecule has 1 heterocycles. The third-order valence-corrected chi connectivity index (χ3v) is 4.79. The summed E-state index contributed by atoms with van der Waals surface area (Å²) in [6.07, 6.45) is 0. The van der Waals surface area contributed by atoms with Crippen LogP contribution in [0.2, 0.25) is 0 Å². The second-order valence-corrected chi connectivity index (χ2v) is 5.97. The van der Waals surface area contributed by atoms with Crippen LogP contribution in [0.1, 0.15) is 5.56 Å². The van der Waals surface area contributed by atoms with Crippen LogP contribution >= 0.6 is 23.1 Å². The predicted octanol–water partition coefficient (Wildman–Crippen LogP) is 5.33. The quantitative estimate of drug-likeness (QED) is 0.581. The lowest BCUT2D eigenvalue weighted by atomic mass is 10.2. The number of hydrogen-bond acceptors (Lipinski definition) is 2. The first-order valence-electron chi connectivity index (χ1n) is 5.66. The van der Waals surface area contributed by atoms with Crippen molar-refractivity contribution < 1.29 is 4.39 Å². The molecule has 3 heteroatoms. The Morgan fingerprint density at radius 1 is 1.00 bits per heavy atom. The second-order valence-electron chi connectivity index (χ2n) is 4.00. The van der Waals surface area contributed by atoms with Crippen LogP contribution in [0, 0.1) is 5.82 Å². The fraction of sp³-hybridized carbons (Fsp3) is 0.0667. The predicted molar refractivity (Wildman–Crippen MR) is 77.8 cm³/mol. The van der Waals surface area contributed by atoms with Crippen molar-refractivity contribution in [3.05, 3.63) is 65.3 Å². The summed E-state index contributed by atoms with van der Waals surface area (Å²) in [4.78, 5) is 1.29. The summed E-state index contributed by atoms with van der Waals surface area (Å²) < 4.78 is 14.1. The van der Waals surface area contributed by atoms with Gasteiger partial charge in [-0.2, -0.15) is 0 Å². The number of thiophene rings is 1. The molecular weight excluding hydrogens is 263 g/mol. The van der Waals surface area contributed by atoms with Crippen molar-refractivity contribution in [2.24, 2.45) is 0 Å². The fourth-order valence-corrected chi connectivity index (χ4v) is 3.73.